The zero-order chi connectivity index (χ0) is 15.4. The summed E-state index contributed by atoms with van der Waals surface area (Å²) in [5, 5.41) is 4.13. The molecule has 0 amide bonds. The molecule has 1 heterocycles. The van der Waals surface area contributed by atoms with Gasteiger partial charge in [0.15, 0.2) is 5.82 Å². The summed E-state index contributed by atoms with van der Waals surface area (Å²) in [5.41, 5.74) is 0.954. The van der Waals surface area contributed by atoms with Crippen molar-refractivity contribution < 1.29 is 4.74 Å². The highest BCUT2D eigenvalue weighted by molar-refractivity contribution is 6.37. The minimum atomic E-state index is 0.500. The van der Waals surface area contributed by atoms with E-state index < -0.39 is 0 Å². The maximum absolute atomic E-state index is 6.26. The quantitative estimate of drug-likeness (QED) is 0.871. The molecule has 1 aromatic heterocycles. The fourth-order valence-electron chi connectivity index (χ4n) is 1.91. The minimum Gasteiger partial charge on any atom is -0.497 e. The summed E-state index contributed by atoms with van der Waals surface area (Å²) in [4.78, 5) is 6.40. The lowest BCUT2D eigenvalue weighted by Gasteiger charge is -2.21. The van der Waals surface area contributed by atoms with Crippen molar-refractivity contribution >= 4 is 40.5 Å². The van der Waals surface area contributed by atoms with E-state index >= 15 is 0 Å². The van der Waals surface area contributed by atoms with Crippen LogP contribution in [-0.2, 0) is 0 Å². The maximum Gasteiger partial charge on any atom is 0.154 e. The summed E-state index contributed by atoms with van der Waals surface area (Å²) >= 11 is 12.4. The van der Waals surface area contributed by atoms with Crippen LogP contribution in [0, 0.1) is 0 Å². The first-order valence-electron chi connectivity index (χ1n) is 6.54. The van der Waals surface area contributed by atoms with Gasteiger partial charge < -0.3 is 15.0 Å². The van der Waals surface area contributed by atoms with Gasteiger partial charge in [0.25, 0.3) is 0 Å². The van der Waals surface area contributed by atoms with Crippen molar-refractivity contribution in [1.29, 1.82) is 0 Å². The third-order valence-electron chi connectivity index (χ3n) is 3.03. The molecule has 0 saturated heterocycles. The van der Waals surface area contributed by atoms with Crippen LogP contribution in [-0.4, -0.2) is 25.7 Å². The third kappa shape index (κ3) is 3.52. The van der Waals surface area contributed by atoms with Crippen LogP contribution >= 0.6 is 23.2 Å². The fourth-order valence-corrected chi connectivity index (χ4v) is 2.46. The molecule has 0 fully saturated rings. The van der Waals surface area contributed by atoms with Gasteiger partial charge in [-0.3, -0.25) is 0 Å². The van der Waals surface area contributed by atoms with Gasteiger partial charge in [0.05, 0.1) is 17.2 Å². The number of nitrogens with zero attached hydrogens (tertiary/aromatic N) is 2. The van der Waals surface area contributed by atoms with Gasteiger partial charge in [0.1, 0.15) is 11.6 Å². The Kier molecular flexibility index (Phi) is 5.15. The molecule has 1 N–H and O–H groups in total. The fraction of sp³-hybridized carbons (Fsp3) is 0.267. The third-order valence-corrected chi connectivity index (χ3v) is 3.60. The van der Waals surface area contributed by atoms with E-state index in [-0.39, 0.29) is 0 Å². The number of hydrogen-bond donors (Lipinski definition) is 1. The average Bonchev–Trinajstić information content (AvgIpc) is 2.49. The number of hydrogen-bond acceptors (Lipinski definition) is 4. The molecule has 0 spiro atoms. The van der Waals surface area contributed by atoms with E-state index in [0.29, 0.717) is 21.7 Å². The minimum absolute atomic E-state index is 0.500. The Morgan fingerprint density at radius 3 is 2.43 bits per heavy atom. The molecule has 112 valence electrons. The molecular formula is C15H17Cl2N3O. The molecule has 0 aliphatic heterocycles. The Bertz CT molecular complexity index is 617. The second-order valence-corrected chi connectivity index (χ2v) is 5.23. The Balaban J connectivity index is 2.36. The van der Waals surface area contributed by atoms with Crippen LogP contribution in [0.15, 0.2) is 30.3 Å². The van der Waals surface area contributed by atoms with Crippen LogP contribution in [0.3, 0.4) is 0 Å². The largest absolute Gasteiger partial charge is 0.497 e. The number of aromatic nitrogens is 1. The van der Waals surface area contributed by atoms with Gasteiger partial charge >= 0.3 is 0 Å². The number of benzene rings is 1. The number of ether oxygens (including phenoxy) is 1. The molecule has 0 aliphatic carbocycles. The Labute approximate surface area is 134 Å². The van der Waals surface area contributed by atoms with Crippen LogP contribution in [0.1, 0.15) is 6.92 Å². The molecule has 2 rings (SSSR count). The zero-order valence-corrected chi connectivity index (χ0v) is 13.7. The topological polar surface area (TPSA) is 37.4 Å². The van der Waals surface area contributed by atoms with E-state index in [2.05, 4.69) is 10.3 Å². The van der Waals surface area contributed by atoms with Crippen molar-refractivity contribution in [3.63, 3.8) is 0 Å². The molecule has 0 bridgehead atoms. The molecule has 0 atom stereocenters. The maximum atomic E-state index is 6.26. The predicted molar refractivity (Wildman–Crippen MR) is 89.5 cm³/mol. The Hall–Kier alpha value is -1.65. The van der Waals surface area contributed by atoms with Gasteiger partial charge in [-0.05, 0) is 37.3 Å². The molecule has 2 aromatic rings. The van der Waals surface area contributed by atoms with Gasteiger partial charge in [-0.15, -0.1) is 0 Å². The molecule has 0 saturated carbocycles. The molecular weight excluding hydrogens is 309 g/mol. The first kappa shape index (κ1) is 15.7. The second-order valence-electron chi connectivity index (χ2n) is 4.41. The number of halogens is 2. The summed E-state index contributed by atoms with van der Waals surface area (Å²) in [5.74, 6) is 2.07. The monoisotopic (exact) mass is 325 g/mol. The first-order valence-corrected chi connectivity index (χ1v) is 7.30. The van der Waals surface area contributed by atoms with Crippen LogP contribution in [0.4, 0.5) is 17.3 Å². The summed E-state index contributed by atoms with van der Waals surface area (Å²) in [6, 6.07) is 9.36. The van der Waals surface area contributed by atoms with Crippen molar-refractivity contribution in [3.05, 3.63) is 40.4 Å². The van der Waals surface area contributed by atoms with Crippen molar-refractivity contribution in [1.82, 2.24) is 4.98 Å². The molecule has 0 aliphatic rings. The molecule has 1 aromatic carbocycles. The van der Waals surface area contributed by atoms with Crippen molar-refractivity contribution in [2.75, 3.05) is 30.9 Å². The number of nitrogens with one attached hydrogen (secondary N) is 1. The molecule has 21 heavy (non-hydrogen) atoms. The van der Waals surface area contributed by atoms with Gasteiger partial charge in [0, 0.05) is 19.3 Å². The summed E-state index contributed by atoms with van der Waals surface area (Å²) in [6.07, 6.45) is 0. The van der Waals surface area contributed by atoms with E-state index in [1.807, 2.05) is 43.1 Å². The van der Waals surface area contributed by atoms with Crippen molar-refractivity contribution in [2.45, 2.75) is 6.92 Å². The van der Waals surface area contributed by atoms with Crippen molar-refractivity contribution in [2.24, 2.45) is 0 Å². The number of methoxy groups -OCH3 is 1. The van der Waals surface area contributed by atoms with E-state index in [1.165, 1.54) is 0 Å². The number of rotatable bonds is 5. The summed E-state index contributed by atoms with van der Waals surface area (Å²) in [7, 11) is 3.54. The van der Waals surface area contributed by atoms with Crippen molar-refractivity contribution in [3.8, 4) is 5.75 Å². The number of pyridine rings is 1. The first-order chi connectivity index (χ1) is 10.1. The van der Waals surface area contributed by atoms with Crippen LogP contribution in [0.25, 0.3) is 0 Å². The van der Waals surface area contributed by atoms with Crippen LogP contribution in [0.5, 0.6) is 5.75 Å². The molecule has 6 heteroatoms. The predicted octanol–water partition coefficient (Wildman–Crippen LogP) is 4.60. The lowest BCUT2D eigenvalue weighted by Crippen LogP contribution is -2.13. The lowest BCUT2D eigenvalue weighted by atomic mass is 10.2. The smallest absolute Gasteiger partial charge is 0.154 e. The highest BCUT2D eigenvalue weighted by atomic mass is 35.5. The average molecular weight is 326 g/mol. The highest BCUT2D eigenvalue weighted by Gasteiger charge is 2.14. The Morgan fingerprint density at radius 2 is 1.86 bits per heavy atom. The van der Waals surface area contributed by atoms with E-state index in [4.69, 9.17) is 27.9 Å². The van der Waals surface area contributed by atoms with Gasteiger partial charge in [-0.25, -0.2) is 4.98 Å². The SMILES string of the molecule is CCNc1nc(N(C)c2ccc(OC)cc2)c(Cl)cc1Cl. The van der Waals surface area contributed by atoms with E-state index in [0.717, 1.165) is 18.0 Å². The number of anilines is 3. The highest BCUT2D eigenvalue weighted by Crippen LogP contribution is 2.34. The normalized spacial score (nSPS) is 10.3. The summed E-state index contributed by atoms with van der Waals surface area (Å²) < 4.78 is 5.16. The Morgan fingerprint density at radius 1 is 1.19 bits per heavy atom. The lowest BCUT2D eigenvalue weighted by molar-refractivity contribution is 0.415. The van der Waals surface area contributed by atoms with E-state index in [1.54, 1.807) is 13.2 Å². The van der Waals surface area contributed by atoms with Crippen LogP contribution < -0.4 is 15.0 Å². The standard InChI is InChI=1S/C15H17Cl2N3O/c1-4-18-14-12(16)9-13(17)15(19-14)20(2)10-5-7-11(21-3)8-6-10/h5-9H,4H2,1-3H3,(H,18,19). The van der Waals surface area contributed by atoms with Gasteiger partial charge in [0.2, 0.25) is 0 Å². The van der Waals surface area contributed by atoms with Gasteiger partial charge in [-0.1, -0.05) is 23.2 Å². The van der Waals surface area contributed by atoms with Gasteiger partial charge in [-0.2, -0.15) is 0 Å². The zero-order valence-electron chi connectivity index (χ0n) is 12.2. The van der Waals surface area contributed by atoms with E-state index in [9.17, 15) is 0 Å². The van der Waals surface area contributed by atoms with Crippen LogP contribution in [0.2, 0.25) is 10.0 Å². The second kappa shape index (κ2) is 6.87. The molecule has 4 nitrogen and oxygen atoms in total. The molecule has 0 unspecified atom stereocenters. The molecule has 0 radical (unpaired) electrons. The summed E-state index contributed by atoms with van der Waals surface area (Å²) in [6.45, 7) is 2.72.